The van der Waals surface area contributed by atoms with Crippen molar-refractivity contribution in [2.24, 2.45) is 0 Å². The Balaban J connectivity index is 1.41. The van der Waals surface area contributed by atoms with Crippen molar-refractivity contribution < 1.29 is 13.7 Å². The Kier molecular flexibility index (Phi) is 6.11. The van der Waals surface area contributed by atoms with Crippen molar-refractivity contribution in [2.75, 3.05) is 26.2 Å². The standard InChI is InChI=1S/C22H22ClFN4O2/c1-15-8-9-17(24)19(20(15)23)22(29)28-11-5-10-27(12-13-28)14-18-25-21(30-26-18)16-6-3-2-4-7-16/h2-4,6-9H,5,10-14H2,1H3. The summed E-state index contributed by atoms with van der Waals surface area (Å²) in [4.78, 5) is 21.2. The molecule has 0 saturated carbocycles. The van der Waals surface area contributed by atoms with E-state index in [0.717, 1.165) is 18.5 Å². The molecule has 0 atom stereocenters. The minimum atomic E-state index is -0.586. The van der Waals surface area contributed by atoms with Gasteiger partial charge in [-0.15, -0.1) is 0 Å². The topological polar surface area (TPSA) is 62.5 Å². The average Bonchev–Trinajstić information content (AvgIpc) is 3.09. The Labute approximate surface area is 179 Å². The van der Waals surface area contributed by atoms with E-state index in [1.807, 2.05) is 30.3 Å². The third-order valence-electron chi connectivity index (χ3n) is 5.23. The first-order valence-electron chi connectivity index (χ1n) is 9.87. The highest BCUT2D eigenvalue weighted by molar-refractivity contribution is 6.34. The van der Waals surface area contributed by atoms with Gasteiger partial charge in [-0.1, -0.05) is 41.0 Å². The molecule has 1 amide bonds. The normalized spacial score (nSPS) is 15.2. The summed E-state index contributed by atoms with van der Waals surface area (Å²) in [6.07, 6.45) is 0.764. The Morgan fingerprint density at radius 1 is 1.13 bits per heavy atom. The van der Waals surface area contributed by atoms with E-state index in [4.69, 9.17) is 16.1 Å². The molecule has 1 fully saturated rings. The third-order valence-corrected chi connectivity index (χ3v) is 5.71. The summed E-state index contributed by atoms with van der Waals surface area (Å²) in [5.41, 5.74) is 1.51. The van der Waals surface area contributed by atoms with Gasteiger partial charge in [0.05, 0.1) is 17.1 Å². The number of carbonyl (C=O) groups is 1. The summed E-state index contributed by atoms with van der Waals surface area (Å²) < 4.78 is 19.6. The van der Waals surface area contributed by atoms with Crippen LogP contribution in [0, 0.1) is 12.7 Å². The first-order valence-corrected chi connectivity index (χ1v) is 10.2. The van der Waals surface area contributed by atoms with Gasteiger partial charge in [-0.05, 0) is 37.1 Å². The zero-order valence-corrected chi connectivity index (χ0v) is 17.4. The fraction of sp³-hybridized carbons (Fsp3) is 0.318. The minimum absolute atomic E-state index is 0.0456. The first kappa shape index (κ1) is 20.5. The number of benzene rings is 2. The van der Waals surface area contributed by atoms with Crippen molar-refractivity contribution in [3.63, 3.8) is 0 Å². The molecule has 156 valence electrons. The van der Waals surface area contributed by atoms with Crippen molar-refractivity contribution in [2.45, 2.75) is 19.9 Å². The molecule has 4 rings (SSSR count). The van der Waals surface area contributed by atoms with Crippen LogP contribution in [0.1, 0.15) is 28.2 Å². The molecule has 0 unspecified atom stereocenters. The van der Waals surface area contributed by atoms with Gasteiger partial charge in [-0.2, -0.15) is 4.98 Å². The van der Waals surface area contributed by atoms with Crippen LogP contribution in [0.5, 0.6) is 0 Å². The predicted octanol–water partition coefficient (Wildman–Crippen LogP) is 4.19. The molecular weight excluding hydrogens is 407 g/mol. The Morgan fingerprint density at radius 3 is 2.73 bits per heavy atom. The highest BCUT2D eigenvalue weighted by atomic mass is 35.5. The highest BCUT2D eigenvalue weighted by Gasteiger charge is 2.26. The molecular formula is C22H22ClFN4O2. The van der Waals surface area contributed by atoms with Gasteiger partial charge in [-0.25, -0.2) is 4.39 Å². The molecule has 2 aromatic carbocycles. The number of hydrogen-bond donors (Lipinski definition) is 0. The Hall–Kier alpha value is -2.77. The Bertz CT molecular complexity index is 1040. The summed E-state index contributed by atoms with van der Waals surface area (Å²) >= 11 is 6.22. The largest absolute Gasteiger partial charge is 0.337 e. The molecule has 0 bridgehead atoms. The molecule has 1 saturated heterocycles. The van der Waals surface area contributed by atoms with E-state index in [-0.39, 0.29) is 16.5 Å². The molecule has 0 N–H and O–H groups in total. The van der Waals surface area contributed by atoms with Crippen LogP contribution in [0.3, 0.4) is 0 Å². The fourth-order valence-corrected chi connectivity index (χ4v) is 3.79. The summed E-state index contributed by atoms with van der Waals surface area (Å²) in [6.45, 7) is 4.72. The molecule has 8 heteroatoms. The fourth-order valence-electron chi connectivity index (χ4n) is 3.56. The summed E-state index contributed by atoms with van der Waals surface area (Å²) in [5.74, 6) is 0.133. The van der Waals surface area contributed by atoms with Gasteiger partial charge in [0.2, 0.25) is 0 Å². The number of aromatic nitrogens is 2. The van der Waals surface area contributed by atoms with Crippen molar-refractivity contribution in [1.82, 2.24) is 19.9 Å². The van der Waals surface area contributed by atoms with Crippen LogP contribution in [-0.4, -0.2) is 52.0 Å². The number of nitrogens with zero attached hydrogens (tertiary/aromatic N) is 4. The maximum atomic E-state index is 14.3. The van der Waals surface area contributed by atoms with Crippen LogP contribution in [0.4, 0.5) is 4.39 Å². The van der Waals surface area contributed by atoms with Crippen LogP contribution in [0.25, 0.3) is 11.5 Å². The molecule has 30 heavy (non-hydrogen) atoms. The number of halogens is 2. The average molecular weight is 429 g/mol. The van der Waals surface area contributed by atoms with Crippen LogP contribution in [0.15, 0.2) is 47.0 Å². The molecule has 0 aliphatic carbocycles. The van der Waals surface area contributed by atoms with E-state index >= 15 is 0 Å². The Morgan fingerprint density at radius 2 is 1.93 bits per heavy atom. The number of hydrogen-bond acceptors (Lipinski definition) is 5. The van der Waals surface area contributed by atoms with Gasteiger partial charge in [0.25, 0.3) is 11.8 Å². The van der Waals surface area contributed by atoms with Gasteiger partial charge in [0.15, 0.2) is 5.82 Å². The smallest absolute Gasteiger partial charge is 0.258 e. The summed E-state index contributed by atoms with van der Waals surface area (Å²) in [5, 5.41) is 4.26. The van der Waals surface area contributed by atoms with Crippen LogP contribution < -0.4 is 0 Å². The number of amides is 1. The van der Waals surface area contributed by atoms with E-state index in [9.17, 15) is 9.18 Å². The zero-order valence-electron chi connectivity index (χ0n) is 16.6. The van der Waals surface area contributed by atoms with Gasteiger partial charge in [0, 0.05) is 31.7 Å². The van der Waals surface area contributed by atoms with Crippen molar-refractivity contribution in [1.29, 1.82) is 0 Å². The maximum Gasteiger partial charge on any atom is 0.258 e. The summed E-state index contributed by atoms with van der Waals surface area (Å²) in [6, 6.07) is 12.5. The first-order chi connectivity index (χ1) is 14.5. The SMILES string of the molecule is Cc1ccc(F)c(C(=O)N2CCCN(Cc3noc(-c4ccccc4)n3)CC2)c1Cl. The molecule has 1 aromatic heterocycles. The number of carbonyl (C=O) groups excluding carboxylic acids is 1. The monoisotopic (exact) mass is 428 g/mol. The summed E-state index contributed by atoms with van der Waals surface area (Å²) in [7, 11) is 0. The zero-order chi connectivity index (χ0) is 21.1. The van der Waals surface area contributed by atoms with Gasteiger partial charge in [-0.3, -0.25) is 9.69 Å². The molecule has 6 nitrogen and oxygen atoms in total. The molecule has 3 aromatic rings. The lowest BCUT2D eigenvalue weighted by Gasteiger charge is -2.22. The van der Waals surface area contributed by atoms with Gasteiger partial charge >= 0.3 is 0 Å². The predicted molar refractivity (Wildman–Crippen MR) is 112 cm³/mol. The molecule has 0 spiro atoms. The van der Waals surface area contributed by atoms with E-state index in [0.29, 0.717) is 43.5 Å². The van der Waals surface area contributed by atoms with Crippen molar-refractivity contribution in [3.05, 3.63) is 70.3 Å². The lowest BCUT2D eigenvalue weighted by atomic mass is 10.1. The quantitative estimate of drug-likeness (QED) is 0.623. The van der Waals surface area contributed by atoms with Crippen LogP contribution >= 0.6 is 11.6 Å². The van der Waals surface area contributed by atoms with E-state index < -0.39 is 5.82 Å². The molecule has 2 heterocycles. The lowest BCUT2D eigenvalue weighted by molar-refractivity contribution is 0.0756. The maximum absolute atomic E-state index is 14.3. The highest BCUT2D eigenvalue weighted by Crippen LogP contribution is 2.25. The van der Waals surface area contributed by atoms with Crippen molar-refractivity contribution in [3.8, 4) is 11.5 Å². The lowest BCUT2D eigenvalue weighted by Crippen LogP contribution is -2.35. The van der Waals surface area contributed by atoms with Gasteiger partial charge in [0.1, 0.15) is 5.82 Å². The van der Waals surface area contributed by atoms with Crippen molar-refractivity contribution >= 4 is 17.5 Å². The number of rotatable bonds is 4. The van der Waals surface area contributed by atoms with E-state index in [2.05, 4.69) is 15.0 Å². The third kappa shape index (κ3) is 4.37. The molecule has 1 aliphatic heterocycles. The number of aryl methyl sites for hydroxylation is 1. The second-order valence-electron chi connectivity index (χ2n) is 7.36. The van der Waals surface area contributed by atoms with Crippen LogP contribution in [-0.2, 0) is 6.54 Å². The molecule has 0 radical (unpaired) electrons. The van der Waals surface area contributed by atoms with E-state index in [1.54, 1.807) is 17.9 Å². The second kappa shape index (κ2) is 8.93. The molecule has 1 aliphatic rings. The van der Waals surface area contributed by atoms with E-state index in [1.165, 1.54) is 6.07 Å². The minimum Gasteiger partial charge on any atom is -0.337 e. The van der Waals surface area contributed by atoms with Crippen LogP contribution in [0.2, 0.25) is 5.02 Å². The van der Waals surface area contributed by atoms with Gasteiger partial charge < -0.3 is 9.42 Å². The second-order valence-corrected chi connectivity index (χ2v) is 7.73.